The molecule has 3 N–H and O–H groups in total. The third-order valence-electron chi connectivity index (χ3n) is 7.59. The minimum atomic E-state index is -1.10. The molecule has 0 aromatic heterocycles. The summed E-state index contributed by atoms with van der Waals surface area (Å²) in [5.41, 5.74) is 0. The van der Waals surface area contributed by atoms with Crippen LogP contribution in [-0.4, -0.2) is 62.4 Å². The summed E-state index contributed by atoms with van der Waals surface area (Å²) < 4.78 is -0.392. The van der Waals surface area contributed by atoms with E-state index in [4.69, 9.17) is 0 Å². The summed E-state index contributed by atoms with van der Waals surface area (Å²) in [6.07, 6.45) is 19.0. The summed E-state index contributed by atoms with van der Waals surface area (Å²) in [4.78, 5) is 37.6. The molecule has 0 bridgehead atoms. The average Bonchev–Trinajstić information content (AvgIpc) is 2.85. The highest BCUT2D eigenvalue weighted by Gasteiger charge is 2.56. The maximum atomic E-state index is 12.5. The zero-order valence-corrected chi connectivity index (χ0v) is 24.1. The number of carboxylic acids is 3. The fourth-order valence-corrected chi connectivity index (χ4v) is 5.75. The lowest BCUT2D eigenvalue weighted by Gasteiger charge is -2.50. The number of carboxylic acid groups (broad SMARTS) is 3. The molecule has 37 heavy (non-hydrogen) atoms. The Kier molecular flexibility index (Phi) is 20.0. The van der Waals surface area contributed by atoms with Crippen LogP contribution < -0.4 is 0 Å². The summed E-state index contributed by atoms with van der Waals surface area (Å²) in [5.74, 6) is -3.29. The van der Waals surface area contributed by atoms with Crippen LogP contribution >= 0.6 is 0 Å². The van der Waals surface area contributed by atoms with Crippen molar-refractivity contribution in [3.05, 3.63) is 12.2 Å². The minimum Gasteiger partial charge on any atom is -0.477 e. The van der Waals surface area contributed by atoms with Crippen LogP contribution in [0.5, 0.6) is 0 Å². The quantitative estimate of drug-likeness (QED) is 0.0648. The molecule has 7 nitrogen and oxygen atoms in total. The monoisotopic (exact) mass is 526 g/mol. The lowest BCUT2D eigenvalue weighted by Crippen LogP contribution is -2.72. The van der Waals surface area contributed by atoms with Crippen molar-refractivity contribution >= 4 is 17.9 Å². The lowest BCUT2D eigenvalue weighted by molar-refractivity contribution is -0.973. The van der Waals surface area contributed by atoms with E-state index >= 15 is 0 Å². The van der Waals surface area contributed by atoms with E-state index in [2.05, 4.69) is 19.1 Å². The van der Waals surface area contributed by atoms with E-state index in [0.29, 0.717) is 25.7 Å². The number of quaternary nitrogens is 1. The second kappa shape index (κ2) is 21.1. The van der Waals surface area contributed by atoms with Crippen molar-refractivity contribution in [1.82, 2.24) is 0 Å². The first-order valence-electron chi connectivity index (χ1n) is 14.9. The second-order valence-corrected chi connectivity index (χ2v) is 10.5. The van der Waals surface area contributed by atoms with Crippen molar-refractivity contribution in [3.8, 4) is 0 Å². The van der Waals surface area contributed by atoms with Gasteiger partial charge in [0, 0.05) is 19.3 Å². The SMILES string of the molecule is CCCCCCCCC/C=C/CCCC[N+](C(CCC)C(=O)O)(C(CCC)C(=O)O)C(CCC)C(=O)O. The van der Waals surface area contributed by atoms with Crippen LogP contribution in [0.2, 0.25) is 0 Å². The number of carbonyl (C=O) groups is 3. The predicted molar refractivity (Wildman–Crippen MR) is 150 cm³/mol. The molecule has 0 spiro atoms. The summed E-state index contributed by atoms with van der Waals surface area (Å²) in [6.45, 7) is 8.07. The van der Waals surface area contributed by atoms with Gasteiger partial charge in [-0.25, -0.2) is 14.4 Å². The van der Waals surface area contributed by atoms with E-state index in [9.17, 15) is 29.7 Å². The van der Waals surface area contributed by atoms with Gasteiger partial charge in [0.2, 0.25) is 0 Å². The molecule has 0 aliphatic rings. The smallest absolute Gasteiger partial charge is 0.362 e. The second-order valence-electron chi connectivity index (χ2n) is 10.5. The Morgan fingerprint density at radius 3 is 1.24 bits per heavy atom. The van der Waals surface area contributed by atoms with Gasteiger partial charge >= 0.3 is 17.9 Å². The maximum Gasteiger partial charge on any atom is 0.362 e. The van der Waals surface area contributed by atoms with Crippen LogP contribution in [0.1, 0.15) is 137 Å². The third kappa shape index (κ3) is 12.5. The van der Waals surface area contributed by atoms with Gasteiger partial charge < -0.3 is 15.3 Å². The zero-order valence-electron chi connectivity index (χ0n) is 24.1. The Balaban J connectivity index is 5.54. The van der Waals surface area contributed by atoms with Gasteiger partial charge in [-0.3, -0.25) is 4.48 Å². The molecule has 0 fully saturated rings. The van der Waals surface area contributed by atoms with Crippen LogP contribution in [0.25, 0.3) is 0 Å². The fourth-order valence-electron chi connectivity index (χ4n) is 5.75. The van der Waals surface area contributed by atoms with E-state index in [1.165, 1.54) is 44.9 Å². The van der Waals surface area contributed by atoms with Gasteiger partial charge in [-0.15, -0.1) is 0 Å². The van der Waals surface area contributed by atoms with Crippen LogP contribution in [0.15, 0.2) is 12.2 Å². The van der Waals surface area contributed by atoms with E-state index < -0.39 is 40.5 Å². The average molecular weight is 527 g/mol. The Bertz CT molecular complexity index is 603. The molecule has 0 aliphatic carbocycles. The van der Waals surface area contributed by atoms with E-state index in [1.807, 2.05) is 20.8 Å². The van der Waals surface area contributed by atoms with Crippen molar-refractivity contribution in [2.75, 3.05) is 6.54 Å². The van der Waals surface area contributed by atoms with Gasteiger partial charge in [0.15, 0.2) is 18.1 Å². The van der Waals surface area contributed by atoms with E-state index in [0.717, 1.165) is 19.3 Å². The highest BCUT2D eigenvalue weighted by molar-refractivity contribution is 5.78. The number of hydrogen-bond acceptors (Lipinski definition) is 3. The number of rotatable bonds is 25. The van der Waals surface area contributed by atoms with Crippen LogP contribution in [0, 0.1) is 0 Å². The number of unbranched alkanes of at least 4 members (excludes halogenated alkanes) is 9. The Hall–Kier alpha value is -1.89. The van der Waals surface area contributed by atoms with Gasteiger partial charge in [0.1, 0.15) is 0 Å². The summed E-state index contributed by atoms with van der Waals surface area (Å²) in [6, 6.07) is -3.17. The molecule has 3 atom stereocenters. The number of nitrogens with zero attached hydrogens (tertiary/aromatic N) is 1. The first kappa shape index (κ1) is 35.1. The first-order valence-corrected chi connectivity index (χ1v) is 14.9. The van der Waals surface area contributed by atoms with Crippen molar-refractivity contribution in [3.63, 3.8) is 0 Å². The van der Waals surface area contributed by atoms with E-state index in [-0.39, 0.29) is 25.8 Å². The molecule has 0 heterocycles. The third-order valence-corrected chi connectivity index (χ3v) is 7.59. The largest absolute Gasteiger partial charge is 0.477 e. The Labute approximate surface area is 225 Å². The molecule has 216 valence electrons. The molecule has 3 unspecified atom stereocenters. The van der Waals surface area contributed by atoms with Gasteiger partial charge in [-0.2, -0.15) is 0 Å². The number of hydrogen-bond donors (Lipinski definition) is 3. The van der Waals surface area contributed by atoms with Gasteiger partial charge in [0.25, 0.3) is 0 Å². The van der Waals surface area contributed by atoms with Crippen LogP contribution in [-0.2, 0) is 14.4 Å². The molecule has 0 saturated carbocycles. The lowest BCUT2D eigenvalue weighted by atomic mass is 9.91. The van der Waals surface area contributed by atoms with E-state index in [1.54, 1.807) is 0 Å². The maximum absolute atomic E-state index is 12.5. The first-order chi connectivity index (χ1) is 17.7. The molecule has 0 rings (SSSR count). The topological polar surface area (TPSA) is 112 Å². The molecule has 0 aliphatic heterocycles. The van der Waals surface area contributed by atoms with Gasteiger partial charge in [-0.1, -0.05) is 78.4 Å². The van der Waals surface area contributed by atoms with Crippen molar-refractivity contribution in [2.45, 2.75) is 155 Å². The Morgan fingerprint density at radius 1 is 0.541 bits per heavy atom. The number of aliphatic carboxylic acids is 3. The summed E-state index contributed by atoms with van der Waals surface area (Å²) >= 11 is 0. The van der Waals surface area contributed by atoms with Gasteiger partial charge in [-0.05, 0) is 51.4 Å². The molecular weight excluding hydrogens is 470 g/mol. The zero-order chi connectivity index (χ0) is 28.1. The predicted octanol–water partition coefficient (Wildman–Crippen LogP) is 7.43. The number of allylic oxidation sites excluding steroid dienone is 2. The van der Waals surface area contributed by atoms with Crippen molar-refractivity contribution < 1.29 is 34.2 Å². The highest BCUT2D eigenvalue weighted by Crippen LogP contribution is 2.34. The van der Waals surface area contributed by atoms with Crippen molar-refractivity contribution in [1.29, 1.82) is 0 Å². The highest BCUT2D eigenvalue weighted by atomic mass is 16.4. The molecule has 0 aromatic rings. The van der Waals surface area contributed by atoms with Crippen LogP contribution in [0.4, 0.5) is 0 Å². The molecule has 7 heteroatoms. The van der Waals surface area contributed by atoms with Crippen LogP contribution in [0.3, 0.4) is 0 Å². The summed E-state index contributed by atoms with van der Waals surface area (Å²) in [7, 11) is 0. The normalized spacial score (nSPS) is 15.8. The molecule has 0 aromatic carbocycles. The van der Waals surface area contributed by atoms with Crippen molar-refractivity contribution in [2.24, 2.45) is 0 Å². The molecule has 0 amide bonds. The fraction of sp³-hybridized carbons (Fsp3) is 0.833. The standard InChI is InChI=1S/C30H55NO6/c1-5-9-10-11-12-13-14-15-16-17-18-19-20-24-31(25(21-6-2)28(32)33,26(22-7-3)29(34)35)27(23-8-4)30(36)37/h16-17,25-27H,5-15,18-24H2,1-4H3,(H2-,32,33,34,35,36,37)/p+1/b17-16+. The molecular formula is C30H56NO6+. The Morgan fingerprint density at radius 2 is 0.892 bits per heavy atom. The summed E-state index contributed by atoms with van der Waals surface area (Å²) in [5, 5.41) is 30.7. The minimum absolute atomic E-state index is 0.247. The molecule has 0 saturated heterocycles. The van der Waals surface area contributed by atoms with Gasteiger partial charge in [0.05, 0.1) is 6.54 Å². The molecule has 0 radical (unpaired) electrons.